The minimum Gasteiger partial charge on any atom is -0.283 e. The van der Waals surface area contributed by atoms with Gasteiger partial charge in [0, 0.05) is 43.3 Å². The second-order valence-corrected chi connectivity index (χ2v) is 7.20. The molecule has 4 rings (SSSR count). The zero-order chi connectivity index (χ0) is 20.4. The number of halogens is 1. The largest absolute Gasteiger partial charge is 0.283 e. The average molecular weight is 409 g/mol. The number of aryl methyl sites for hydroxylation is 1. The summed E-state index contributed by atoms with van der Waals surface area (Å²) in [6, 6.07) is 9.97. The Morgan fingerprint density at radius 3 is 2.48 bits per heavy atom. The SMILES string of the molecule is CN(Cc1cnn(C)c1)Cn1nc(-c2ccncc2)n(-c2ccc(F)cc2)c1=S. The van der Waals surface area contributed by atoms with Crippen LogP contribution in [0.4, 0.5) is 4.39 Å². The molecule has 0 N–H and O–H groups in total. The highest BCUT2D eigenvalue weighted by Crippen LogP contribution is 2.22. The number of pyridine rings is 1. The topological polar surface area (TPSA) is 56.7 Å². The molecule has 0 aliphatic rings. The van der Waals surface area contributed by atoms with Crippen molar-refractivity contribution >= 4 is 12.2 Å². The summed E-state index contributed by atoms with van der Waals surface area (Å²) < 4.78 is 19.4. The highest BCUT2D eigenvalue weighted by atomic mass is 32.1. The summed E-state index contributed by atoms with van der Waals surface area (Å²) in [7, 11) is 3.89. The molecular weight excluding hydrogens is 389 g/mol. The molecule has 9 heteroatoms. The van der Waals surface area contributed by atoms with Crippen LogP contribution < -0.4 is 0 Å². The highest BCUT2D eigenvalue weighted by molar-refractivity contribution is 7.71. The van der Waals surface area contributed by atoms with Crippen molar-refractivity contribution in [2.24, 2.45) is 7.05 Å². The molecule has 0 amide bonds. The average Bonchev–Trinajstić information content (AvgIpc) is 3.26. The lowest BCUT2D eigenvalue weighted by Gasteiger charge is -2.15. The van der Waals surface area contributed by atoms with Gasteiger partial charge in [0.1, 0.15) is 5.82 Å². The van der Waals surface area contributed by atoms with Crippen LogP contribution in [0, 0.1) is 10.6 Å². The maximum Gasteiger partial charge on any atom is 0.204 e. The smallest absolute Gasteiger partial charge is 0.204 e. The first-order valence-electron chi connectivity index (χ1n) is 9.03. The highest BCUT2D eigenvalue weighted by Gasteiger charge is 2.16. The van der Waals surface area contributed by atoms with E-state index in [1.807, 2.05) is 43.2 Å². The Kier molecular flexibility index (Phi) is 5.32. The molecule has 0 unspecified atom stereocenters. The van der Waals surface area contributed by atoms with Crippen LogP contribution in [0.2, 0.25) is 0 Å². The molecule has 3 heterocycles. The van der Waals surface area contributed by atoms with Gasteiger partial charge in [0.2, 0.25) is 4.77 Å². The standard InChI is InChI=1S/C20H20FN7S/c1-25(12-15-11-23-26(2)13-15)14-27-20(29)28(18-5-3-17(21)4-6-18)19(24-27)16-7-9-22-10-8-16/h3-11,13H,12,14H2,1-2H3. The van der Waals surface area contributed by atoms with Crippen LogP contribution in [0.3, 0.4) is 0 Å². The van der Waals surface area contributed by atoms with Crippen molar-refractivity contribution in [1.29, 1.82) is 0 Å². The predicted octanol–water partition coefficient (Wildman–Crippen LogP) is 3.43. The van der Waals surface area contributed by atoms with Crippen molar-refractivity contribution in [2.75, 3.05) is 7.05 Å². The summed E-state index contributed by atoms with van der Waals surface area (Å²) in [4.78, 5) is 6.18. The van der Waals surface area contributed by atoms with Crippen molar-refractivity contribution in [3.8, 4) is 17.1 Å². The monoisotopic (exact) mass is 409 g/mol. The molecule has 0 fully saturated rings. The predicted molar refractivity (Wildman–Crippen MR) is 110 cm³/mol. The van der Waals surface area contributed by atoms with Gasteiger partial charge >= 0.3 is 0 Å². The third-order valence-corrected chi connectivity index (χ3v) is 4.84. The van der Waals surface area contributed by atoms with Crippen molar-refractivity contribution in [2.45, 2.75) is 13.2 Å². The van der Waals surface area contributed by atoms with E-state index in [0.717, 1.165) is 16.8 Å². The van der Waals surface area contributed by atoms with E-state index < -0.39 is 0 Å². The van der Waals surface area contributed by atoms with E-state index in [4.69, 9.17) is 17.3 Å². The summed E-state index contributed by atoms with van der Waals surface area (Å²) in [5.41, 5.74) is 2.74. The van der Waals surface area contributed by atoms with Gasteiger partial charge in [0.05, 0.1) is 18.6 Å². The lowest BCUT2D eigenvalue weighted by molar-refractivity contribution is 0.244. The van der Waals surface area contributed by atoms with Crippen LogP contribution in [-0.2, 0) is 20.3 Å². The van der Waals surface area contributed by atoms with E-state index in [-0.39, 0.29) is 5.82 Å². The lowest BCUT2D eigenvalue weighted by Crippen LogP contribution is -2.22. The van der Waals surface area contributed by atoms with Crippen LogP contribution >= 0.6 is 12.2 Å². The summed E-state index contributed by atoms with van der Waals surface area (Å²) >= 11 is 5.73. The van der Waals surface area contributed by atoms with Crippen molar-refractivity contribution in [3.63, 3.8) is 0 Å². The summed E-state index contributed by atoms with van der Waals surface area (Å²) in [6.45, 7) is 1.21. The van der Waals surface area contributed by atoms with E-state index >= 15 is 0 Å². The van der Waals surface area contributed by atoms with Crippen LogP contribution in [0.5, 0.6) is 0 Å². The molecule has 29 heavy (non-hydrogen) atoms. The fourth-order valence-electron chi connectivity index (χ4n) is 3.15. The maximum absolute atomic E-state index is 13.4. The molecule has 4 aromatic rings. The quantitative estimate of drug-likeness (QED) is 0.457. The Labute approximate surface area is 172 Å². The zero-order valence-electron chi connectivity index (χ0n) is 16.1. The Hall–Kier alpha value is -3.17. The van der Waals surface area contributed by atoms with E-state index in [1.165, 1.54) is 12.1 Å². The summed E-state index contributed by atoms with van der Waals surface area (Å²) in [5, 5.41) is 8.96. The van der Waals surface area contributed by atoms with E-state index in [1.54, 1.807) is 33.9 Å². The summed E-state index contributed by atoms with van der Waals surface area (Å²) in [5.74, 6) is 0.383. The van der Waals surface area contributed by atoms with Gasteiger partial charge in [-0.15, -0.1) is 5.10 Å². The van der Waals surface area contributed by atoms with Gasteiger partial charge in [-0.3, -0.25) is 19.1 Å². The Morgan fingerprint density at radius 2 is 1.83 bits per heavy atom. The molecular formula is C20H20FN7S. The minimum atomic E-state index is -0.297. The van der Waals surface area contributed by atoms with Gasteiger partial charge in [0.15, 0.2) is 5.82 Å². The normalized spacial score (nSPS) is 11.3. The number of rotatable bonds is 6. The second kappa shape index (κ2) is 8.06. The molecule has 0 aliphatic heterocycles. The number of nitrogens with zero attached hydrogens (tertiary/aromatic N) is 7. The van der Waals surface area contributed by atoms with Crippen molar-refractivity contribution in [3.05, 3.63) is 77.3 Å². The molecule has 0 saturated heterocycles. The van der Waals surface area contributed by atoms with E-state index in [0.29, 0.717) is 23.8 Å². The van der Waals surface area contributed by atoms with Gasteiger partial charge in [-0.25, -0.2) is 9.07 Å². The first-order valence-corrected chi connectivity index (χ1v) is 9.44. The Bertz CT molecular complexity index is 1160. The van der Waals surface area contributed by atoms with Gasteiger partial charge in [-0.2, -0.15) is 5.10 Å². The number of hydrogen-bond donors (Lipinski definition) is 0. The van der Waals surface area contributed by atoms with Gasteiger partial charge in [-0.05, 0) is 55.7 Å². The van der Waals surface area contributed by atoms with Crippen molar-refractivity contribution < 1.29 is 4.39 Å². The molecule has 0 bridgehead atoms. The lowest BCUT2D eigenvalue weighted by atomic mass is 10.2. The van der Waals surface area contributed by atoms with Gasteiger partial charge in [-0.1, -0.05) is 0 Å². The van der Waals surface area contributed by atoms with Crippen LogP contribution in [0.1, 0.15) is 5.56 Å². The molecule has 148 valence electrons. The Morgan fingerprint density at radius 1 is 1.10 bits per heavy atom. The molecule has 0 aliphatic carbocycles. The number of aromatic nitrogens is 6. The molecule has 0 spiro atoms. The van der Waals surface area contributed by atoms with Gasteiger partial charge < -0.3 is 0 Å². The Balaban J connectivity index is 1.71. The molecule has 3 aromatic heterocycles. The first-order chi connectivity index (χ1) is 14.0. The second-order valence-electron chi connectivity index (χ2n) is 6.83. The molecule has 0 atom stereocenters. The first kappa shape index (κ1) is 19.2. The van der Waals surface area contributed by atoms with Crippen molar-refractivity contribution in [1.82, 2.24) is 34.0 Å². The van der Waals surface area contributed by atoms with E-state index in [2.05, 4.69) is 15.0 Å². The molecule has 0 saturated carbocycles. The molecule has 0 radical (unpaired) electrons. The molecule has 7 nitrogen and oxygen atoms in total. The van der Waals surface area contributed by atoms with Crippen LogP contribution in [0.15, 0.2) is 61.2 Å². The summed E-state index contributed by atoms with van der Waals surface area (Å²) in [6.07, 6.45) is 7.24. The van der Waals surface area contributed by atoms with Gasteiger partial charge in [0.25, 0.3) is 0 Å². The fourth-order valence-corrected chi connectivity index (χ4v) is 3.44. The zero-order valence-corrected chi connectivity index (χ0v) is 16.9. The van der Waals surface area contributed by atoms with Crippen LogP contribution in [0.25, 0.3) is 17.1 Å². The third kappa shape index (κ3) is 4.15. The molecule has 1 aromatic carbocycles. The fraction of sp³-hybridized carbons (Fsp3) is 0.200. The van der Waals surface area contributed by atoms with Crippen LogP contribution in [-0.4, -0.2) is 41.1 Å². The maximum atomic E-state index is 13.4. The minimum absolute atomic E-state index is 0.297. The third-order valence-electron chi connectivity index (χ3n) is 4.45. The number of benzene rings is 1. The number of hydrogen-bond acceptors (Lipinski definition) is 5. The van der Waals surface area contributed by atoms with E-state index in [9.17, 15) is 4.39 Å².